The van der Waals surface area contributed by atoms with Crippen LogP contribution >= 0.6 is 0 Å². The molecule has 0 radical (unpaired) electrons. The van der Waals surface area contributed by atoms with E-state index in [0.29, 0.717) is 12.1 Å². The Balaban J connectivity index is 2.06. The average Bonchev–Trinajstić information content (AvgIpc) is 2.47. The molecule has 1 fully saturated rings. The van der Waals surface area contributed by atoms with Crippen molar-refractivity contribution in [1.82, 2.24) is 4.90 Å². The number of amides is 1. The molecule has 0 aliphatic carbocycles. The normalized spacial score (nSPS) is 19.6. The summed E-state index contributed by atoms with van der Waals surface area (Å²) in [5.74, 6) is -0.597. The molecule has 0 saturated carbocycles. The summed E-state index contributed by atoms with van der Waals surface area (Å²) in [5.41, 5.74) is 6.78. The van der Waals surface area contributed by atoms with Crippen LogP contribution in [-0.4, -0.2) is 36.5 Å². The molecule has 1 unspecified atom stereocenters. The molecule has 1 aromatic rings. The van der Waals surface area contributed by atoms with Crippen LogP contribution in [0.25, 0.3) is 0 Å². The molecule has 1 amide bonds. The monoisotopic (exact) mass is 276 g/mol. The fourth-order valence-corrected chi connectivity index (χ4v) is 2.59. The fraction of sp³-hybridized carbons (Fsp3) is 0.467. The smallest absolute Gasteiger partial charge is 0.323 e. The molecule has 108 valence electrons. The highest BCUT2D eigenvalue weighted by molar-refractivity contribution is 5.92. The van der Waals surface area contributed by atoms with Crippen molar-refractivity contribution < 1.29 is 14.3 Å². The maximum absolute atomic E-state index is 11.8. The molecule has 20 heavy (non-hydrogen) atoms. The van der Waals surface area contributed by atoms with Gasteiger partial charge in [0, 0.05) is 12.1 Å². The molecule has 0 bridgehead atoms. The van der Waals surface area contributed by atoms with Crippen molar-refractivity contribution in [3.05, 3.63) is 35.4 Å². The van der Waals surface area contributed by atoms with Crippen molar-refractivity contribution in [2.24, 2.45) is 5.73 Å². The van der Waals surface area contributed by atoms with Crippen molar-refractivity contribution in [1.29, 1.82) is 0 Å². The molecule has 1 saturated heterocycles. The minimum atomic E-state index is -0.429. The van der Waals surface area contributed by atoms with Gasteiger partial charge in [0.25, 0.3) is 0 Å². The van der Waals surface area contributed by atoms with E-state index in [1.807, 2.05) is 12.1 Å². The standard InChI is InChI=1S/C15H20N2O3/c1-20-15(19)13-4-2-3-9-17(13)10-11-5-7-12(8-6-11)14(16)18/h5-8,13H,2-4,9-10H2,1H3,(H2,16,18). The molecule has 0 aromatic heterocycles. The Hall–Kier alpha value is -1.88. The Morgan fingerprint density at radius 2 is 2.00 bits per heavy atom. The van der Waals surface area contributed by atoms with E-state index in [2.05, 4.69) is 4.90 Å². The summed E-state index contributed by atoms with van der Waals surface area (Å²) in [6.07, 6.45) is 2.98. The van der Waals surface area contributed by atoms with Crippen LogP contribution < -0.4 is 5.73 Å². The Morgan fingerprint density at radius 3 is 2.60 bits per heavy atom. The number of piperidine rings is 1. The van der Waals surface area contributed by atoms with Gasteiger partial charge in [-0.2, -0.15) is 0 Å². The maximum Gasteiger partial charge on any atom is 0.323 e. The number of carbonyl (C=O) groups is 2. The lowest BCUT2D eigenvalue weighted by molar-refractivity contribution is -0.148. The molecule has 1 atom stereocenters. The van der Waals surface area contributed by atoms with Gasteiger partial charge in [0.15, 0.2) is 0 Å². The number of methoxy groups -OCH3 is 1. The zero-order chi connectivity index (χ0) is 14.5. The van der Waals surface area contributed by atoms with Crippen LogP contribution in [0.2, 0.25) is 0 Å². The first-order chi connectivity index (χ1) is 9.61. The Morgan fingerprint density at radius 1 is 1.30 bits per heavy atom. The minimum absolute atomic E-state index is 0.162. The van der Waals surface area contributed by atoms with E-state index in [1.54, 1.807) is 12.1 Å². The number of carbonyl (C=O) groups excluding carboxylic acids is 2. The molecular weight excluding hydrogens is 256 g/mol. The molecule has 2 N–H and O–H groups in total. The quantitative estimate of drug-likeness (QED) is 0.842. The van der Waals surface area contributed by atoms with Gasteiger partial charge in [-0.15, -0.1) is 0 Å². The Bertz CT molecular complexity index is 484. The first kappa shape index (κ1) is 14.5. The molecular formula is C15H20N2O3. The van der Waals surface area contributed by atoms with E-state index in [9.17, 15) is 9.59 Å². The summed E-state index contributed by atoms with van der Waals surface area (Å²) < 4.78 is 4.87. The third kappa shape index (κ3) is 3.36. The van der Waals surface area contributed by atoms with Gasteiger partial charge in [-0.25, -0.2) is 0 Å². The second-order valence-corrected chi connectivity index (χ2v) is 5.07. The molecule has 1 aliphatic rings. The van der Waals surface area contributed by atoms with E-state index in [-0.39, 0.29) is 12.0 Å². The van der Waals surface area contributed by atoms with Crippen LogP contribution in [-0.2, 0) is 16.1 Å². The lowest BCUT2D eigenvalue weighted by Crippen LogP contribution is -2.44. The summed E-state index contributed by atoms with van der Waals surface area (Å²) in [5, 5.41) is 0. The molecule has 1 heterocycles. The molecule has 5 heteroatoms. The molecule has 2 rings (SSSR count). The van der Waals surface area contributed by atoms with E-state index < -0.39 is 5.91 Å². The summed E-state index contributed by atoms with van der Waals surface area (Å²) in [6, 6.07) is 7.03. The van der Waals surface area contributed by atoms with Crippen LogP contribution in [0.5, 0.6) is 0 Å². The largest absolute Gasteiger partial charge is 0.468 e. The fourth-order valence-electron chi connectivity index (χ4n) is 2.59. The number of likely N-dealkylation sites (tertiary alicyclic amines) is 1. The second-order valence-electron chi connectivity index (χ2n) is 5.07. The van der Waals surface area contributed by atoms with Crippen LogP contribution in [0, 0.1) is 0 Å². The van der Waals surface area contributed by atoms with Crippen molar-refractivity contribution in [3.8, 4) is 0 Å². The molecule has 1 aliphatic heterocycles. The minimum Gasteiger partial charge on any atom is -0.468 e. The van der Waals surface area contributed by atoms with Crippen molar-refractivity contribution in [2.45, 2.75) is 31.8 Å². The first-order valence-corrected chi connectivity index (χ1v) is 6.82. The van der Waals surface area contributed by atoms with Crippen LogP contribution in [0.3, 0.4) is 0 Å². The number of primary amides is 1. The van der Waals surface area contributed by atoms with E-state index in [1.165, 1.54) is 7.11 Å². The number of ether oxygens (including phenoxy) is 1. The number of hydrogen-bond acceptors (Lipinski definition) is 4. The number of hydrogen-bond donors (Lipinski definition) is 1. The van der Waals surface area contributed by atoms with Gasteiger partial charge in [0.05, 0.1) is 7.11 Å². The van der Waals surface area contributed by atoms with Gasteiger partial charge in [0.2, 0.25) is 5.91 Å². The van der Waals surface area contributed by atoms with Crippen molar-refractivity contribution in [3.63, 3.8) is 0 Å². The van der Waals surface area contributed by atoms with Gasteiger partial charge < -0.3 is 10.5 Å². The zero-order valence-corrected chi connectivity index (χ0v) is 11.7. The zero-order valence-electron chi connectivity index (χ0n) is 11.7. The van der Waals surface area contributed by atoms with Crippen LogP contribution in [0.15, 0.2) is 24.3 Å². The van der Waals surface area contributed by atoms with E-state index >= 15 is 0 Å². The second kappa shape index (κ2) is 6.52. The lowest BCUT2D eigenvalue weighted by atomic mass is 10.0. The van der Waals surface area contributed by atoms with Gasteiger partial charge in [-0.1, -0.05) is 18.6 Å². The number of esters is 1. The van der Waals surface area contributed by atoms with E-state index in [4.69, 9.17) is 10.5 Å². The van der Waals surface area contributed by atoms with Crippen molar-refractivity contribution in [2.75, 3.05) is 13.7 Å². The highest BCUT2D eigenvalue weighted by atomic mass is 16.5. The highest BCUT2D eigenvalue weighted by Gasteiger charge is 2.29. The highest BCUT2D eigenvalue weighted by Crippen LogP contribution is 2.20. The SMILES string of the molecule is COC(=O)C1CCCCN1Cc1ccc(C(N)=O)cc1. The predicted octanol–water partition coefficient (Wildman–Crippen LogP) is 1.31. The number of rotatable bonds is 4. The van der Waals surface area contributed by atoms with E-state index in [0.717, 1.165) is 31.4 Å². The number of nitrogens with zero attached hydrogens (tertiary/aromatic N) is 1. The first-order valence-electron chi connectivity index (χ1n) is 6.82. The predicted molar refractivity (Wildman–Crippen MR) is 75.0 cm³/mol. The maximum atomic E-state index is 11.8. The topological polar surface area (TPSA) is 72.6 Å². The molecule has 0 spiro atoms. The van der Waals surface area contributed by atoms with Gasteiger partial charge in [-0.05, 0) is 37.1 Å². The molecule has 1 aromatic carbocycles. The Labute approximate surface area is 118 Å². The van der Waals surface area contributed by atoms with Gasteiger partial charge in [-0.3, -0.25) is 14.5 Å². The summed E-state index contributed by atoms with van der Waals surface area (Å²) in [4.78, 5) is 25.0. The Kier molecular flexibility index (Phi) is 4.74. The van der Waals surface area contributed by atoms with Gasteiger partial charge >= 0.3 is 5.97 Å². The number of nitrogens with two attached hydrogens (primary N) is 1. The van der Waals surface area contributed by atoms with Crippen molar-refractivity contribution >= 4 is 11.9 Å². The van der Waals surface area contributed by atoms with Gasteiger partial charge in [0.1, 0.15) is 6.04 Å². The van der Waals surface area contributed by atoms with Crippen LogP contribution in [0.4, 0.5) is 0 Å². The summed E-state index contributed by atoms with van der Waals surface area (Å²) in [6.45, 7) is 1.57. The summed E-state index contributed by atoms with van der Waals surface area (Å²) in [7, 11) is 1.43. The number of benzene rings is 1. The van der Waals surface area contributed by atoms with Crippen LogP contribution in [0.1, 0.15) is 35.2 Å². The average molecular weight is 276 g/mol. The lowest BCUT2D eigenvalue weighted by Gasteiger charge is -2.33. The summed E-state index contributed by atoms with van der Waals surface area (Å²) >= 11 is 0. The third-order valence-electron chi connectivity index (χ3n) is 3.71. The third-order valence-corrected chi connectivity index (χ3v) is 3.71. The molecule has 5 nitrogen and oxygen atoms in total.